The SMILES string of the molecule is CCCCCCCC/C=C\CCCCCCCC(=O)OCCCCCCCC/C=C\CCCCCC(=O)NC(CO)C(O)/C=C/CCCCCCCCCCCCCCC. The van der Waals surface area contributed by atoms with Gasteiger partial charge in [0.1, 0.15) is 0 Å². The first-order valence-corrected chi connectivity index (χ1v) is 26.3. The van der Waals surface area contributed by atoms with Crippen LogP contribution in [0.1, 0.15) is 271 Å². The van der Waals surface area contributed by atoms with E-state index in [1.165, 1.54) is 173 Å². The third-order valence-corrected chi connectivity index (χ3v) is 11.9. The number of amides is 1. The average molecular weight is 844 g/mol. The Morgan fingerprint density at radius 1 is 0.450 bits per heavy atom. The lowest BCUT2D eigenvalue weighted by Crippen LogP contribution is -2.45. The lowest BCUT2D eigenvalue weighted by molar-refractivity contribution is -0.143. The molecule has 60 heavy (non-hydrogen) atoms. The van der Waals surface area contributed by atoms with Gasteiger partial charge in [-0.25, -0.2) is 0 Å². The quantitative estimate of drug-likeness (QED) is 0.0322. The maximum atomic E-state index is 12.4. The number of ether oxygens (including phenoxy) is 1. The Balaban J connectivity index is 3.54. The van der Waals surface area contributed by atoms with E-state index in [1.807, 2.05) is 6.08 Å². The fraction of sp³-hybridized carbons (Fsp3) is 0.852. The van der Waals surface area contributed by atoms with Crippen LogP contribution in [0.3, 0.4) is 0 Å². The number of carbonyl (C=O) groups excluding carboxylic acids is 2. The third-order valence-electron chi connectivity index (χ3n) is 11.9. The predicted octanol–water partition coefficient (Wildman–Crippen LogP) is 15.7. The lowest BCUT2D eigenvalue weighted by atomic mass is 10.0. The number of rotatable bonds is 48. The highest BCUT2D eigenvalue weighted by atomic mass is 16.5. The minimum atomic E-state index is -0.862. The van der Waals surface area contributed by atoms with Crippen molar-refractivity contribution in [3.63, 3.8) is 0 Å². The van der Waals surface area contributed by atoms with E-state index in [9.17, 15) is 19.8 Å². The van der Waals surface area contributed by atoms with Crippen molar-refractivity contribution in [2.75, 3.05) is 13.2 Å². The standard InChI is InChI=1S/C54H101NO5/c1-3-5-7-9-11-13-15-17-19-22-26-30-34-38-42-46-52(57)51(50-56)55-53(58)47-43-39-35-31-27-23-21-25-29-33-37-41-45-49-60-54(59)48-44-40-36-32-28-24-20-18-16-14-12-10-8-6-4-2/h18,20,23,27,42,46,51-52,56-57H,3-17,19,21-22,24-26,28-41,43-45,47-50H2,1-2H3,(H,55,58)/b20-18-,27-23-,46-42+. The van der Waals surface area contributed by atoms with Crippen molar-refractivity contribution < 1.29 is 24.5 Å². The van der Waals surface area contributed by atoms with E-state index >= 15 is 0 Å². The van der Waals surface area contributed by atoms with Gasteiger partial charge in [-0.3, -0.25) is 9.59 Å². The summed E-state index contributed by atoms with van der Waals surface area (Å²) in [5, 5.41) is 23.0. The van der Waals surface area contributed by atoms with E-state index in [1.54, 1.807) is 6.08 Å². The highest BCUT2D eigenvalue weighted by Gasteiger charge is 2.18. The topological polar surface area (TPSA) is 95.9 Å². The Bertz CT molecular complexity index is 977. The molecular formula is C54H101NO5. The molecule has 0 saturated carbocycles. The molecule has 3 N–H and O–H groups in total. The van der Waals surface area contributed by atoms with E-state index < -0.39 is 12.1 Å². The largest absolute Gasteiger partial charge is 0.466 e. The number of aliphatic hydroxyl groups is 2. The molecule has 2 unspecified atom stereocenters. The van der Waals surface area contributed by atoms with Crippen LogP contribution in [0.5, 0.6) is 0 Å². The molecule has 6 nitrogen and oxygen atoms in total. The van der Waals surface area contributed by atoms with E-state index in [2.05, 4.69) is 43.5 Å². The number of carbonyl (C=O) groups is 2. The van der Waals surface area contributed by atoms with E-state index in [0.717, 1.165) is 70.6 Å². The molecular weight excluding hydrogens is 743 g/mol. The Morgan fingerprint density at radius 3 is 1.20 bits per heavy atom. The van der Waals surface area contributed by atoms with Crippen molar-refractivity contribution in [1.82, 2.24) is 5.32 Å². The molecule has 0 heterocycles. The van der Waals surface area contributed by atoms with Crippen molar-refractivity contribution >= 4 is 11.9 Å². The molecule has 6 heteroatoms. The van der Waals surface area contributed by atoms with Crippen LogP contribution in [-0.4, -0.2) is 47.4 Å². The first-order valence-electron chi connectivity index (χ1n) is 26.3. The van der Waals surface area contributed by atoms with Crippen LogP contribution in [0.4, 0.5) is 0 Å². The van der Waals surface area contributed by atoms with Crippen LogP contribution >= 0.6 is 0 Å². The minimum absolute atomic E-state index is 0.0225. The molecule has 0 aliphatic rings. The second-order valence-electron chi connectivity index (χ2n) is 17.8. The van der Waals surface area contributed by atoms with E-state index in [4.69, 9.17) is 4.74 Å². The van der Waals surface area contributed by atoms with Crippen molar-refractivity contribution in [3.8, 4) is 0 Å². The normalized spacial score (nSPS) is 12.9. The Morgan fingerprint density at radius 2 is 0.783 bits per heavy atom. The zero-order valence-electron chi connectivity index (χ0n) is 39.9. The minimum Gasteiger partial charge on any atom is -0.466 e. The third kappa shape index (κ3) is 45.6. The molecule has 0 saturated heterocycles. The summed E-state index contributed by atoms with van der Waals surface area (Å²) >= 11 is 0. The first kappa shape index (κ1) is 58.1. The van der Waals surface area contributed by atoms with Gasteiger partial charge >= 0.3 is 5.97 Å². The first-order chi connectivity index (χ1) is 29.5. The summed E-state index contributed by atoms with van der Waals surface area (Å²) in [6, 6.07) is -0.648. The molecule has 0 rings (SSSR count). The van der Waals surface area contributed by atoms with Crippen LogP contribution in [0.15, 0.2) is 36.5 Å². The molecule has 2 atom stereocenters. The average Bonchev–Trinajstić information content (AvgIpc) is 3.25. The Kier molecular flexibility index (Phi) is 48.1. The lowest BCUT2D eigenvalue weighted by Gasteiger charge is -2.19. The van der Waals surface area contributed by atoms with Crippen LogP contribution in [0.2, 0.25) is 0 Å². The monoisotopic (exact) mass is 844 g/mol. The number of aliphatic hydroxyl groups excluding tert-OH is 2. The highest BCUT2D eigenvalue weighted by Crippen LogP contribution is 2.15. The van der Waals surface area contributed by atoms with E-state index in [-0.39, 0.29) is 18.5 Å². The zero-order chi connectivity index (χ0) is 43.7. The summed E-state index contributed by atoms with van der Waals surface area (Å²) in [7, 11) is 0. The van der Waals surface area contributed by atoms with Gasteiger partial charge < -0.3 is 20.3 Å². The van der Waals surface area contributed by atoms with Crippen LogP contribution in [-0.2, 0) is 14.3 Å². The molecule has 0 aliphatic heterocycles. The van der Waals surface area contributed by atoms with Gasteiger partial charge in [-0.05, 0) is 83.5 Å². The van der Waals surface area contributed by atoms with Crippen LogP contribution in [0.25, 0.3) is 0 Å². The summed E-state index contributed by atoms with van der Waals surface area (Å²) in [4.78, 5) is 24.4. The second kappa shape index (κ2) is 49.7. The fourth-order valence-corrected chi connectivity index (χ4v) is 7.80. The van der Waals surface area contributed by atoms with Crippen LogP contribution < -0.4 is 5.32 Å². The zero-order valence-corrected chi connectivity index (χ0v) is 39.9. The van der Waals surface area contributed by atoms with Crippen molar-refractivity contribution in [3.05, 3.63) is 36.5 Å². The summed E-state index contributed by atoms with van der Waals surface area (Å²) in [6.45, 7) is 4.85. The molecule has 0 fully saturated rings. The Hall–Kier alpha value is -1.92. The van der Waals surface area contributed by atoms with Gasteiger partial charge in [-0.15, -0.1) is 0 Å². The van der Waals surface area contributed by atoms with Crippen LogP contribution in [0, 0.1) is 0 Å². The van der Waals surface area contributed by atoms with Gasteiger partial charge in [0.05, 0.1) is 25.4 Å². The van der Waals surface area contributed by atoms with Crippen molar-refractivity contribution in [2.45, 2.75) is 283 Å². The number of unbranched alkanes of at least 4 members (excludes halogenated alkanes) is 33. The molecule has 0 aromatic carbocycles. The second-order valence-corrected chi connectivity index (χ2v) is 17.8. The highest BCUT2D eigenvalue weighted by molar-refractivity contribution is 5.76. The summed E-state index contributed by atoms with van der Waals surface area (Å²) in [5.41, 5.74) is 0. The summed E-state index contributed by atoms with van der Waals surface area (Å²) < 4.78 is 5.45. The van der Waals surface area contributed by atoms with E-state index in [0.29, 0.717) is 19.4 Å². The summed E-state index contributed by atoms with van der Waals surface area (Å²) in [6.07, 6.45) is 60.0. The van der Waals surface area contributed by atoms with Crippen molar-refractivity contribution in [1.29, 1.82) is 0 Å². The molecule has 0 aromatic rings. The fourth-order valence-electron chi connectivity index (χ4n) is 7.80. The predicted molar refractivity (Wildman–Crippen MR) is 259 cm³/mol. The molecule has 352 valence electrons. The van der Waals surface area contributed by atoms with Gasteiger partial charge in [-0.1, -0.05) is 211 Å². The van der Waals surface area contributed by atoms with Gasteiger partial charge in [0, 0.05) is 12.8 Å². The van der Waals surface area contributed by atoms with Crippen molar-refractivity contribution in [2.24, 2.45) is 0 Å². The van der Waals surface area contributed by atoms with Gasteiger partial charge in [-0.2, -0.15) is 0 Å². The number of nitrogens with one attached hydrogen (secondary N) is 1. The number of esters is 1. The smallest absolute Gasteiger partial charge is 0.305 e. The Labute approximate surface area is 373 Å². The molecule has 0 radical (unpaired) electrons. The molecule has 1 amide bonds. The molecule has 0 spiro atoms. The molecule has 0 aromatic heterocycles. The van der Waals surface area contributed by atoms with Gasteiger partial charge in [0.15, 0.2) is 0 Å². The maximum Gasteiger partial charge on any atom is 0.305 e. The summed E-state index contributed by atoms with van der Waals surface area (Å²) in [5.74, 6) is -0.121. The molecule has 0 bridgehead atoms. The number of hydrogen-bond donors (Lipinski definition) is 3. The maximum absolute atomic E-state index is 12.4. The van der Waals surface area contributed by atoms with Gasteiger partial charge in [0.2, 0.25) is 5.91 Å². The van der Waals surface area contributed by atoms with Gasteiger partial charge in [0.25, 0.3) is 0 Å². The number of hydrogen-bond acceptors (Lipinski definition) is 5. The number of allylic oxidation sites excluding steroid dienone is 5. The molecule has 0 aliphatic carbocycles.